The molecule has 1 aromatic carbocycles. The molecule has 0 heterocycles. The molecule has 0 aromatic heterocycles. The van der Waals surface area contributed by atoms with E-state index in [1.54, 1.807) is 0 Å². The molecule has 0 bridgehead atoms. The Hall–Kier alpha value is -1.28. The van der Waals surface area contributed by atoms with Gasteiger partial charge in [-0.3, -0.25) is 0 Å². The molecule has 0 saturated heterocycles. The molecule has 17 heavy (non-hydrogen) atoms. The third-order valence-electron chi connectivity index (χ3n) is 2.51. The van der Waals surface area contributed by atoms with Gasteiger partial charge in [0.05, 0.1) is 6.10 Å². The molecule has 94 valence electrons. The van der Waals surface area contributed by atoms with E-state index in [0.717, 1.165) is 18.7 Å². The average Bonchev–Trinajstić information content (AvgIpc) is 2.29. The molecule has 0 aliphatic rings. The average molecular weight is 233 g/mol. The lowest BCUT2D eigenvalue weighted by atomic mass is 10.0. The van der Waals surface area contributed by atoms with E-state index in [4.69, 9.17) is 4.74 Å². The molecule has 0 spiro atoms. The van der Waals surface area contributed by atoms with Gasteiger partial charge in [0.15, 0.2) is 0 Å². The molecule has 0 saturated carbocycles. The molecule has 1 aromatic rings. The fraction of sp³-hybridized carbons (Fsp3) is 0.467. The molecule has 0 aliphatic heterocycles. The molecule has 0 radical (unpaired) electrons. The number of ether oxygens (including phenoxy) is 1. The van der Waals surface area contributed by atoms with Gasteiger partial charge in [-0.25, -0.2) is 0 Å². The van der Waals surface area contributed by atoms with Crippen molar-refractivity contribution in [1.82, 2.24) is 5.32 Å². The van der Waals surface area contributed by atoms with Crippen LogP contribution in [-0.4, -0.2) is 12.6 Å². The number of benzene rings is 1. The second-order valence-corrected chi connectivity index (χ2v) is 4.37. The minimum absolute atomic E-state index is 0.221. The van der Waals surface area contributed by atoms with Gasteiger partial charge in [-0.05, 0) is 44.5 Å². The van der Waals surface area contributed by atoms with Crippen molar-refractivity contribution in [3.05, 3.63) is 42.5 Å². The highest BCUT2D eigenvalue weighted by Gasteiger charge is 2.08. The Labute approximate surface area is 105 Å². The van der Waals surface area contributed by atoms with Crippen LogP contribution in [0.25, 0.3) is 0 Å². The maximum atomic E-state index is 5.63. The highest BCUT2D eigenvalue weighted by molar-refractivity contribution is 5.29. The summed E-state index contributed by atoms with van der Waals surface area (Å²) in [5.41, 5.74) is 1.28. The van der Waals surface area contributed by atoms with Crippen molar-refractivity contribution >= 4 is 0 Å². The van der Waals surface area contributed by atoms with Crippen LogP contribution in [0.2, 0.25) is 0 Å². The Morgan fingerprint density at radius 3 is 2.41 bits per heavy atom. The van der Waals surface area contributed by atoms with E-state index in [1.165, 1.54) is 5.56 Å². The summed E-state index contributed by atoms with van der Waals surface area (Å²) < 4.78 is 5.63. The summed E-state index contributed by atoms with van der Waals surface area (Å²) in [6, 6.07) is 8.65. The minimum Gasteiger partial charge on any atom is -0.491 e. The van der Waals surface area contributed by atoms with Crippen LogP contribution in [0.15, 0.2) is 36.9 Å². The summed E-state index contributed by atoms with van der Waals surface area (Å²) in [5, 5.41) is 3.45. The predicted octanol–water partition coefficient (Wildman–Crippen LogP) is 3.70. The van der Waals surface area contributed by atoms with E-state index in [9.17, 15) is 0 Å². The summed E-state index contributed by atoms with van der Waals surface area (Å²) in [6.07, 6.45) is 3.11. The highest BCUT2D eigenvalue weighted by atomic mass is 16.5. The van der Waals surface area contributed by atoms with Gasteiger partial charge < -0.3 is 10.1 Å². The van der Waals surface area contributed by atoms with E-state index in [-0.39, 0.29) is 6.10 Å². The van der Waals surface area contributed by atoms with Gasteiger partial charge in [0.2, 0.25) is 0 Å². The Balaban J connectivity index is 2.72. The highest BCUT2D eigenvalue weighted by Crippen LogP contribution is 2.21. The molecule has 0 fully saturated rings. The zero-order valence-electron chi connectivity index (χ0n) is 11.1. The van der Waals surface area contributed by atoms with Crippen LogP contribution in [0, 0.1) is 0 Å². The molecule has 0 aliphatic carbocycles. The van der Waals surface area contributed by atoms with E-state index in [2.05, 4.69) is 31.0 Å². The maximum Gasteiger partial charge on any atom is 0.119 e. The van der Waals surface area contributed by atoms with Crippen LogP contribution in [0.4, 0.5) is 0 Å². The van der Waals surface area contributed by atoms with E-state index in [0.29, 0.717) is 6.04 Å². The van der Waals surface area contributed by atoms with Crippen molar-refractivity contribution in [3.8, 4) is 5.75 Å². The number of nitrogens with one attached hydrogen (secondary N) is 1. The van der Waals surface area contributed by atoms with Gasteiger partial charge in [0, 0.05) is 6.04 Å². The van der Waals surface area contributed by atoms with E-state index < -0.39 is 0 Å². The summed E-state index contributed by atoms with van der Waals surface area (Å²) >= 11 is 0. The molecule has 0 amide bonds. The van der Waals surface area contributed by atoms with Crippen LogP contribution in [0.5, 0.6) is 5.75 Å². The first-order valence-corrected chi connectivity index (χ1v) is 6.28. The summed E-state index contributed by atoms with van der Waals surface area (Å²) in [5.74, 6) is 0.928. The monoisotopic (exact) mass is 233 g/mol. The number of rotatable bonds is 7. The lowest BCUT2D eigenvalue weighted by Crippen LogP contribution is -2.20. The summed E-state index contributed by atoms with van der Waals surface area (Å²) in [4.78, 5) is 0. The lowest BCUT2D eigenvalue weighted by molar-refractivity contribution is 0.242. The summed E-state index contributed by atoms with van der Waals surface area (Å²) in [6.45, 7) is 10.9. The van der Waals surface area contributed by atoms with Crippen molar-refractivity contribution in [1.29, 1.82) is 0 Å². The second kappa shape index (κ2) is 7.13. The van der Waals surface area contributed by atoms with Gasteiger partial charge in [-0.1, -0.05) is 25.1 Å². The topological polar surface area (TPSA) is 21.3 Å². The Morgan fingerprint density at radius 1 is 1.29 bits per heavy atom. The lowest BCUT2D eigenvalue weighted by Gasteiger charge is -2.17. The van der Waals surface area contributed by atoms with Gasteiger partial charge in [0.1, 0.15) is 5.75 Å². The van der Waals surface area contributed by atoms with Crippen molar-refractivity contribution in [3.63, 3.8) is 0 Å². The zero-order chi connectivity index (χ0) is 12.7. The Bertz CT molecular complexity index is 329. The predicted molar refractivity (Wildman–Crippen MR) is 73.4 cm³/mol. The smallest absolute Gasteiger partial charge is 0.119 e. The Kier molecular flexibility index (Phi) is 5.78. The van der Waals surface area contributed by atoms with Crippen LogP contribution < -0.4 is 10.1 Å². The van der Waals surface area contributed by atoms with E-state index in [1.807, 2.05) is 32.1 Å². The van der Waals surface area contributed by atoms with Gasteiger partial charge in [-0.2, -0.15) is 0 Å². The molecule has 1 N–H and O–H groups in total. The molecule has 2 nitrogen and oxygen atoms in total. The van der Waals surface area contributed by atoms with Gasteiger partial charge in [-0.15, -0.1) is 6.58 Å². The number of hydrogen-bond acceptors (Lipinski definition) is 2. The fourth-order valence-electron chi connectivity index (χ4n) is 1.80. The fourth-order valence-corrected chi connectivity index (χ4v) is 1.80. The van der Waals surface area contributed by atoms with Crippen molar-refractivity contribution < 1.29 is 4.74 Å². The first-order chi connectivity index (χ1) is 8.17. The third-order valence-corrected chi connectivity index (χ3v) is 2.51. The van der Waals surface area contributed by atoms with Crippen molar-refractivity contribution in [2.45, 2.75) is 39.3 Å². The SMILES string of the molecule is C=CCC(NCC)c1ccc(OC(C)C)cc1. The molecule has 1 unspecified atom stereocenters. The third kappa shape index (κ3) is 4.61. The van der Waals surface area contributed by atoms with Crippen LogP contribution in [-0.2, 0) is 0 Å². The normalized spacial score (nSPS) is 12.5. The molecule has 1 atom stereocenters. The first-order valence-electron chi connectivity index (χ1n) is 6.28. The molecule has 2 heteroatoms. The van der Waals surface area contributed by atoms with Gasteiger partial charge in [0.25, 0.3) is 0 Å². The van der Waals surface area contributed by atoms with Crippen LogP contribution >= 0.6 is 0 Å². The quantitative estimate of drug-likeness (QED) is 0.725. The van der Waals surface area contributed by atoms with E-state index >= 15 is 0 Å². The molecule has 1 rings (SSSR count). The summed E-state index contributed by atoms with van der Waals surface area (Å²) in [7, 11) is 0. The maximum absolute atomic E-state index is 5.63. The van der Waals surface area contributed by atoms with Crippen molar-refractivity contribution in [2.75, 3.05) is 6.54 Å². The molecular formula is C15H23NO. The minimum atomic E-state index is 0.221. The molecular weight excluding hydrogens is 210 g/mol. The largest absolute Gasteiger partial charge is 0.491 e. The van der Waals surface area contributed by atoms with Crippen LogP contribution in [0.3, 0.4) is 0 Å². The number of hydrogen-bond donors (Lipinski definition) is 1. The Morgan fingerprint density at radius 2 is 1.94 bits per heavy atom. The van der Waals surface area contributed by atoms with Gasteiger partial charge >= 0.3 is 0 Å². The first kappa shape index (κ1) is 13.8. The standard InChI is InChI=1S/C15H23NO/c1-5-7-15(16-6-2)13-8-10-14(11-9-13)17-12(3)4/h5,8-12,15-16H,1,6-7H2,2-4H3. The second-order valence-electron chi connectivity index (χ2n) is 4.37. The van der Waals surface area contributed by atoms with Crippen molar-refractivity contribution in [2.24, 2.45) is 0 Å². The van der Waals surface area contributed by atoms with Crippen LogP contribution in [0.1, 0.15) is 38.8 Å². The zero-order valence-corrected chi connectivity index (χ0v) is 11.1.